The molecule has 0 atom stereocenters. The lowest BCUT2D eigenvalue weighted by atomic mass is 10.0. The van der Waals surface area contributed by atoms with Crippen molar-refractivity contribution < 1.29 is 27.8 Å². The summed E-state index contributed by atoms with van der Waals surface area (Å²) in [6.45, 7) is 0.232. The average molecular weight is 545 g/mol. The quantitative estimate of drug-likeness (QED) is 0.167. The van der Waals surface area contributed by atoms with Gasteiger partial charge in [0.15, 0.2) is 11.5 Å². The molecule has 0 spiro atoms. The fraction of sp³-hybridized carbons (Fsp3) is 0.143. The molecule has 0 bridgehead atoms. The van der Waals surface area contributed by atoms with Gasteiger partial charge in [-0.25, -0.2) is 14.5 Å². The van der Waals surface area contributed by atoms with Crippen LogP contribution in [0.1, 0.15) is 21.5 Å². The minimum absolute atomic E-state index is 0.0267. The number of ether oxygens (including phenoxy) is 3. The lowest BCUT2D eigenvalue weighted by molar-refractivity contribution is 0.0988. The molecule has 6 rings (SSSR count). The van der Waals surface area contributed by atoms with Crippen LogP contribution in [0.5, 0.6) is 16.7 Å². The molecule has 0 unspecified atom stereocenters. The number of methoxy groups -OCH3 is 2. The van der Waals surface area contributed by atoms with Crippen LogP contribution in [0.4, 0.5) is 4.39 Å². The van der Waals surface area contributed by atoms with Crippen molar-refractivity contribution in [3.05, 3.63) is 89.6 Å². The summed E-state index contributed by atoms with van der Waals surface area (Å²) in [5, 5.41) is 5.58. The maximum atomic E-state index is 13.9. The van der Waals surface area contributed by atoms with E-state index < -0.39 is 5.95 Å². The number of hydrogen-bond donors (Lipinski definition) is 0. The van der Waals surface area contributed by atoms with Crippen LogP contribution in [0.25, 0.3) is 27.4 Å². The number of ketones is 1. The summed E-state index contributed by atoms with van der Waals surface area (Å²) in [7, 11) is 3.13. The summed E-state index contributed by atoms with van der Waals surface area (Å²) in [5.41, 5.74) is 2.77. The number of aromatic nitrogens is 4. The van der Waals surface area contributed by atoms with E-state index in [0.717, 1.165) is 16.5 Å². The second-order valence-electron chi connectivity index (χ2n) is 8.62. The predicted molar refractivity (Wildman–Crippen MR) is 142 cm³/mol. The number of rotatable bonds is 9. The Morgan fingerprint density at radius 3 is 2.74 bits per heavy atom. The predicted octanol–water partition coefficient (Wildman–Crippen LogP) is 5.76. The number of furan rings is 1. The summed E-state index contributed by atoms with van der Waals surface area (Å²) >= 11 is 1.33. The molecule has 0 aliphatic carbocycles. The minimum Gasteiger partial charge on any atom is -0.496 e. The first-order chi connectivity index (χ1) is 19.0. The highest BCUT2D eigenvalue weighted by molar-refractivity contribution is 7.18. The Morgan fingerprint density at radius 2 is 1.95 bits per heavy atom. The van der Waals surface area contributed by atoms with Crippen LogP contribution in [0.2, 0.25) is 0 Å². The highest BCUT2D eigenvalue weighted by Crippen LogP contribution is 2.37. The Bertz CT molecular complexity index is 1790. The third-order valence-electron chi connectivity index (χ3n) is 6.07. The van der Waals surface area contributed by atoms with Crippen molar-refractivity contribution in [2.45, 2.75) is 13.0 Å². The third-order valence-corrected chi connectivity index (χ3v) is 6.95. The van der Waals surface area contributed by atoms with Gasteiger partial charge in [-0.2, -0.15) is 4.39 Å². The molecule has 0 aliphatic heterocycles. The van der Waals surface area contributed by atoms with Crippen LogP contribution in [0.15, 0.2) is 71.4 Å². The molecule has 4 heterocycles. The normalized spacial score (nSPS) is 11.3. The number of carbonyl (C=O) groups is 1. The SMILES string of the molecule is COc1cc(OCc2cccc(CC(=O)c3cccnc3F)c2)c2cc(-c3cn4nc(OC)sc4n3)oc2c1. The summed E-state index contributed by atoms with van der Waals surface area (Å²) in [4.78, 5) is 21.4. The number of hydrogen-bond acceptors (Lipinski definition) is 9. The van der Waals surface area contributed by atoms with E-state index in [1.807, 2.05) is 30.3 Å². The van der Waals surface area contributed by atoms with Gasteiger partial charge in [-0.1, -0.05) is 24.3 Å². The highest BCUT2D eigenvalue weighted by atomic mass is 32.1. The molecule has 0 saturated heterocycles. The number of benzene rings is 2. The highest BCUT2D eigenvalue weighted by Gasteiger charge is 2.18. The van der Waals surface area contributed by atoms with Gasteiger partial charge >= 0.3 is 0 Å². The van der Waals surface area contributed by atoms with Crippen LogP contribution in [-0.2, 0) is 13.0 Å². The van der Waals surface area contributed by atoms with Gasteiger partial charge in [0.25, 0.3) is 5.19 Å². The molecule has 9 nitrogen and oxygen atoms in total. The zero-order valence-electron chi connectivity index (χ0n) is 20.9. The monoisotopic (exact) mass is 544 g/mol. The largest absolute Gasteiger partial charge is 0.496 e. The van der Waals surface area contributed by atoms with E-state index in [4.69, 9.17) is 18.6 Å². The number of nitrogens with zero attached hydrogens (tertiary/aromatic N) is 4. The van der Waals surface area contributed by atoms with Gasteiger partial charge in [-0.15, -0.1) is 5.10 Å². The van der Waals surface area contributed by atoms with Crippen LogP contribution >= 0.6 is 11.3 Å². The van der Waals surface area contributed by atoms with E-state index in [2.05, 4.69) is 15.1 Å². The molecule has 0 aliphatic rings. The first-order valence-corrected chi connectivity index (χ1v) is 12.7. The van der Waals surface area contributed by atoms with Gasteiger partial charge < -0.3 is 18.6 Å². The zero-order chi connectivity index (χ0) is 26.9. The number of Topliss-reactive ketones (excluding diaryl/α,β-unsaturated/α-hetero) is 1. The zero-order valence-corrected chi connectivity index (χ0v) is 21.7. The van der Waals surface area contributed by atoms with E-state index in [1.165, 1.54) is 23.6 Å². The summed E-state index contributed by atoms with van der Waals surface area (Å²) in [6, 6.07) is 15.8. The topological polar surface area (TPSA) is 101 Å². The van der Waals surface area contributed by atoms with Gasteiger partial charge in [0.2, 0.25) is 10.9 Å². The van der Waals surface area contributed by atoms with Crippen LogP contribution in [0.3, 0.4) is 0 Å². The van der Waals surface area contributed by atoms with Crippen molar-refractivity contribution in [1.82, 2.24) is 19.6 Å². The average Bonchev–Trinajstić information content (AvgIpc) is 3.65. The molecule has 6 aromatic rings. The first-order valence-electron chi connectivity index (χ1n) is 11.9. The summed E-state index contributed by atoms with van der Waals surface area (Å²) in [6.07, 6.45) is 3.14. The molecular weight excluding hydrogens is 523 g/mol. The molecule has 0 fully saturated rings. The number of carbonyl (C=O) groups excluding carboxylic acids is 1. The maximum absolute atomic E-state index is 13.9. The van der Waals surface area contributed by atoms with Gasteiger partial charge in [-0.05, 0) is 40.7 Å². The van der Waals surface area contributed by atoms with Crippen molar-refractivity contribution >= 4 is 33.1 Å². The fourth-order valence-corrected chi connectivity index (χ4v) is 4.89. The van der Waals surface area contributed by atoms with Gasteiger partial charge in [-0.3, -0.25) is 4.79 Å². The molecular formula is C28H21FN4O5S. The second kappa shape index (κ2) is 10.2. The van der Waals surface area contributed by atoms with Crippen LogP contribution in [0, 0.1) is 5.95 Å². The van der Waals surface area contributed by atoms with Crippen molar-refractivity contribution in [3.8, 4) is 28.1 Å². The Balaban J connectivity index is 1.24. The molecule has 39 heavy (non-hydrogen) atoms. The number of pyridine rings is 1. The standard InChI is InChI=1S/C28H21FN4O5S/c1-35-18-11-23(20-13-25(38-24(20)12-18)21-14-33-27(31-21)39-28(32-33)36-2)37-15-17-6-3-5-16(9-17)10-22(34)19-7-4-8-30-26(19)29/h3-9,11-14H,10,15H2,1-2H3. The van der Waals surface area contributed by atoms with Gasteiger partial charge in [0, 0.05) is 24.8 Å². The smallest absolute Gasteiger partial charge is 0.294 e. The Hall–Kier alpha value is -4.77. The molecule has 4 aromatic heterocycles. The van der Waals surface area contributed by atoms with Crippen LogP contribution < -0.4 is 14.2 Å². The Kier molecular flexibility index (Phi) is 6.41. The van der Waals surface area contributed by atoms with Crippen molar-refractivity contribution in [1.29, 1.82) is 0 Å². The minimum atomic E-state index is -0.769. The van der Waals surface area contributed by atoms with E-state index in [1.54, 1.807) is 43.1 Å². The molecule has 196 valence electrons. The lowest BCUT2D eigenvalue weighted by Gasteiger charge is -2.10. The van der Waals surface area contributed by atoms with E-state index in [0.29, 0.717) is 38.7 Å². The van der Waals surface area contributed by atoms with E-state index in [-0.39, 0.29) is 24.4 Å². The van der Waals surface area contributed by atoms with Gasteiger partial charge in [0.1, 0.15) is 29.4 Å². The Morgan fingerprint density at radius 1 is 1.08 bits per heavy atom. The second-order valence-corrected chi connectivity index (χ2v) is 9.54. The molecule has 0 amide bonds. The number of fused-ring (bicyclic) bond motifs is 2. The van der Waals surface area contributed by atoms with Crippen LogP contribution in [-0.4, -0.2) is 39.6 Å². The van der Waals surface area contributed by atoms with E-state index >= 15 is 0 Å². The number of halogens is 1. The molecule has 0 radical (unpaired) electrons. The molecule has 0 saturated carbocycles. The molecule has 11 heteroatoms. The lowest BCUT2D eigenvalue weighted by Crippen LogP contribution is -2.07. The molecule has 0 N–H and O–H groups in total. The maximum Gasteiger partial charge on any atom is 0.294 e. The van der Waals surface area contributed by atoms with Crippen molar-refractivity contribution in [3.63, 3.8) is 0 Å². The summed E-state index contributed by atoms with van der Waals surface area (Å²) < 4.78 is 38.5. The third kappa shape index (κ3) is 4.91. The van der Waals surface area contributed by atoms with Gasteiger partial charge in [0.05, 0.1) is 31.4 Å². The van der Waals surface area contributed by atoms with Crippen molar-refractivity contribution in [2.75, 3.05) is 14.2 Å². The Labute approximate surface area is 225 Å². The summed E-state index contributed by atoms with van der Waals surface area (Å²) in [5.74, 6) is 0.595. The van der Waals surface area contributed by atoms with E-state index in [9.17, 15) is 9.18 Å². The number of imidazole rings is 1. The first kappa shape index (κ1) is 24.6. The fourth-order valence-electron chi connectivity index (χ4n) is 4.19. The van der Waals surface area contributed by atoms with Crippen molar-refractivity contribution in [2.24, 2.45) is 0 Å². The molecule has 2 aromatic carbocycles.